The van der Waals surface area contributed by atoms with Gasteiger partial charge in [0.1, 0.15) is 46.4 Å². The first-order valence-electron chi connectivity index (χ1n) is 20.0. The Morgan fingerprint density at radius 3 is 0.600 bits per heavy atom. The molecule has 0 aromatic heterocycles. The standard InChI is InChI=1S/2C24H28P.8ClH.2Mn/c2*1-2-3-4-14-21-25(22-15-8-5-9-16-22,23-17-10-6-11-18-23)24-19-12-7-13-20-24;;;;;;;;;;/h2*5-13,15-20H,2-4,14,21H2,1H3;8*1H;;/q2*+1;;;;;;;;;2*+3/p-8. The van der Waals surface area contributed by atoms with E-state index in [1.807, 2.05) is 0 Å². The van der Waals surface area contributed by atoms with Gasteiger partial charge in [0, 0.05) is 0 Å². The zero-order valence-electron chi connectivity index (χ0n) is 34.1. The predicted molar refractivity (Wildman–Crippen MR) is 275 cm³/mol. The van der Waals surface area contributed by atoms with Crippen LogP contribution in [0.25, 0.3) is 0 Å². The summed E-state index contributed by atoms with van der Waals surface area (Å²) in [4.78, 5) is 0. The van der Waals surface area contributed by atoms with E-state index in [1.165, 1.54) is 95.5 Å². The fourth-order valence-electron chi connectivity index (χ4n) is 7.32. The summed E-state index contributed by atoms with van der Waals surface area (Å²) in [7, 11) is 31.1. The summed E-state index contributed by atoms with van der Waals surface area (Å²) in [6.45, 7) is 4.57. The van der Waals surface area contributed by atoms with Crippen molar-refractivity contribution in [3.63, 3.8) is 0 Å². The summed E-state index contributed by atoms with van der Waals surface area (Å²) in [5.74, 6) is 0. The van der Waals surface area contributed by atoms with E-state index in [-0.39, 0.29) is 0 Å². The third-order valence-corrected chi connectivity index (χ3v) is 18.9. The van der Waals surface area contributed by atoms with Gasteiger partial charge >= 0.3 is 99.2 Å². The SMILES string of the molecule is CCCCCC[P+](c1ccccc1)(c1ccccc1)c1ccccc1.CCCCCC[P+](c1ccccc1)(c1ccccc1)c1ccccc1.[Cl][Mn-]([Cl])([Cl])[Cl].[Cl][Mn-]([Cl])([Cl])[Cl]. The predicted octanol–water partition coefficient (Wildman–Crippen LogP) is 16.6. The van der Waals surface area contributed by atoms with Gasteiger partial charge in [-0.05, 0) is 98.5 Å². The number of benzene rings is 6. The van der Waals surface area contributed by atoms with Crippen molar-refractivity contribution in [3.05, 3.63) is 182 Å². The summed E-state index contributed by atoms with van der Waals surface area (Å²) < 4.78 is 0. The van der Waals surface area contributed by atoms with Gasteiger partial charge in [0.05, 0.1) is 12.3 Å². The van der Waals surface area contributed by atoms with Gasteiger partial charge in [0.25, 0.3) is 0 Å². The normalized spacial score (nSPS) is 12.0. The molecule has 12 heteroatoms. The Hall–Kier alpha value is -0.461. The van der Waals surface area contributed by atoms with Gasteiger partial charge in [-0.1, -0.05) is 149 Å². The van der Waals surface area contributed by atoms with Crippen molar-refractivity contribution in [1.29, 1.82) is 0 Å². The van der Waals surface area contributed by atoms with Crippen LogP contribution < -0.4 is 31.8 Å². The molecular formula is C48H56Cl8Mn2P2. The maximum absolute atomic E-state index is 4.97. The Balaban J connectivity index is 0.000000262. The van der Waals surface area contributed by atoms with Crippen molar-refractivity contribution < 1.29 is 18.4 Å². The molecule has 0 bridgehead atoms. The Morgan fingerprint density at radius 1 is 0.283 bits per heavy atom. The minimum atomic E-state index is -2.74. The Bertz CT molecular complexity index is 1620. The molecule has 0 saturated heterocycles. The molecule has 0 radical (unpaired) electrons. The first-order valence-corrected chi connectivity index (χ1v) is 36.9. The summed E-state index contributed by atoms with van der Waals surface area (Å²) in [5.41, 5.74) is 0. The summed E-state index contributed by atoms with van der Waals surface area (Å²) in [6.07, 6.45) is 13.0. The number of hydrogen-bond donors (Lipinski definition) is 0. The fourth-order valence-corrected chi connectivity index (χ4v) is 16.1. The molecule has 0 nitrogen and oxygen atoms in total. The molecule has 0 aliphatic rings. The first-order chi connectivity index (χ1) is 28.8. The third-order valence-electron chi connectivity index (χ3n) is 9.88. The van der Waals surface area contributed by atoms with Gasteiger partial charge in [-0.3, -0.25) is 0 Å². The second kappa shape index (κ2) is 29.2. The summed E-state index contributed by atoms with van der Waals surface area (Å²) in [5, 5.41) is 9.02. The maximum atomic E-state index is 4.97. The molecule has 0 spiro atoms. The molecular weight excluding hydrogens is 1030 g/mol. The molecule has 0 aliphatic heterocycles. The summed E-state index contributed by atoms with van der Waals surface area (Å²) >= 11 is 0. The van der Waals surface area contributed by atoms with E-state index in [0.717, 1.165) is 0 Å². The van der Waals surface area contributed by atoms with Gasteiger partial charge in [0.15, 0.2) is 0 Å². The fraction of sp³-hybridized carbons (Fsp3) is 0.250. The van der Waals surface area contributed by atoms with Crippen molar-refractivity contribution in [2.45, 2.75) is 65.2 Å². The van der Waals surface area contributed by atoms with E-state index in [1.54, 1.807) is 0 Å². The van der Waals surface area contributed by atoms with Crippen LogP contribution in [0.5, 0.6) is 0 Å². The molecule has 0 atom stereocenters. The van der Waals surface area contributed by atoms with E-state index < -0.39 is 32.9 Å². The molecule has 6 rings (SSSR count). The monoisotopic (exact) mass is 1080 g/mol. The third kappa shape index (κ3) is 19.3. The van der Waals surface area contributed by atoms with E-state index in [9.17, 15) is 0 Å². The van der Waals surface area contributed by atoms with Gasteiger partial charge in [0.2, 0.25) is 0 Å². The molecule has 0 unspecified atom stereocenters. The van der Waals surface area contributed by atoms with Crippen molar-refractivity contribution in [2.75, 3.05) is 12.3 Å². The van der Waals surface area contributed by atoms with Crippen LogP contribution in [0.4, 0.5) is 0 Å². The van der Waals surface area contributed by atoms with Gasteiger partial charge in [-0.2, -0.15) is 0 Å². The zero-order valence-corrected chi connectivity index (χ0v) is 44.3. The van der Waals surface area contributed by atoms with Gasteiger partial charge < -0.3 is 0 Å². The van der Waals surface area contributed by atoms with E-state index >= 15 is 0 Å². The average Bonchev–Trinajstić information content (AvgIpc) is 3.25. The van der Waals surface area contributed by atoms with E-state index in [0.29, 0.717) is 0 Å². The van der Waals surface area contributed by atoms with Crippen LogP contribution in [0.15, 0.2) is 182 Å². The number of unbranched alkanes of at least 4 members (excludes halogenated alkanes) is 6. The topological polar surface area (TPSA) is 0 Å². The van der Waals surface area contributed by atoms with Crippen LogP contribution in [-0.4, -0.2) is 12.3 Å². The zero-order chi connectivity index (χ0) is 43.7. The molecule has 60 heavy (non-hydrogen) atoms. The Labute approximate surface area is 400 Å². The second-order valence-corrected chi connectivity index (χ2v) is 44.5. The minimum absolute atomic E-state index is 1.25. The molecule has 0 fully saturated rings. The van der Waals surface area contributed by atoms with Crippen LogP contribution in [0.3, 0.4) is 0 Å². The van der Waals surface area contributed by atoms with Crippen molar-refractivity contribution in [3.8, 4) is 0 Å². The first kappa shape index (κ1) is 53.9. The molecule has 6 aromatic carbocycles. The number of hydrogen-bond acceptors (Lipinski definition) is 0. The van der Waals surface area contributed by atoms with E-state index in [2.05, 4.69) is 196 Å². The molecule has 0 aliphatic carbocycles. The Morgan fingerprint density at radius 2 is 0.450 bits per heavy atom. The van der Waals surface area contributed by atoms with Crippen molar-refractivity contribution >= 4 is 127 Å². The number of rotatable bonds is 16. The van der Waals surface area contributed by atoms with Crippen molar-refractivity contribution in [1.82, 2.24) is 0 Å². The van der Waals surface area contributed by atoms with Crippen molar-refractivity contribution in [2.24, 2.45) is 0 Å². The average molecular weight is 1090 g/mol. The number of halogens is 8. The van der Waals surface area contributed by atoms with Crippen LogP contribution >= 0.6 is 95.3 Å². The molecule has 0 N–H and O–H groups in total. The van der Waals surface area contributed by atoms with Gasteiger partial charge in [-0.15, -0.1) is 0 Å². The molecule has 0 heterocycles. The molecule has 328 valence electrons. The molecule has 0 amide bonds. The summed E-state index contributed by atoms with van der Waals surface area (Å²) in [6, 6.07) is 67.2. The Kier molecular flexibility index (Phi) is 26.2. The molecule has 0 saturated carbocycles. The van der Waals surface area contributed by atoms with Crippen LogP contribution in [0.2, 0.25) is 0 Å². The van der Waals surface area contributed by atoms with Crippen LogP contribution in [-0.2, 0) is 18.4 Å². The second-order valence-electron chi connectivity index (χ2n) is 13.8. The van der Waals surface area contributed by atoms with E-state index in [4.69, 9.17) is 80.8 Å². The quantitative estimate of drug-likeness (QED) is 0.0515. The van der Waals surface area contributed by atoms with Crippen LogP contribution in [0.1, 0.15) is 65.2 Å². The van der Waals surface area contributed by atoms with Gasteiger partial charge in [-0.25, -0.2) is 0 Å². The van der Waals surface area contributed by atoms with Crippen LogP contribution in [0, 0.1) is 0 Å². The molecule has 6 aromatic rings.